The third kappa shape index (κ3) is 9.51. The van der Waals surface area contributed by atoms with Gasteiger partial charge in [-0.3, -0.25) is 0 Å². The van der Waals surface area contributed by atoms with E-state index in [1.807, 2.05) is 11.1 Å². The number of halogens is 2. The average molecular weight is 565 g/mol. The second-order valence-corrected chi connectivity index (χ2v) is 9.26. The summed E-state index contributed by atoms with van der Waals surface area (Å²) in [4.78, 5) is 1.89. The Morgan fingerprint density at radius 1 is 0.893 bits per heavy atom. The molecule has 0 radical (unpaired) electrons. The number of ether oxygens (including phenoxy) is 2. The summed E-state index contributed by atoms with van der Waals surface area (Å²) >= 11 is 5.78. The number of hydrogen-bond acceptors (Lipinski definition) is 2. The molecule has 2 nitrogen and oxygen atoms in total. The van der Waals surface area contributed by atoms with E-state index >= 15 is 0 Å². The lowest BCUT2D eigenvalue weighted by Gasteiger charge is -2.19. The maximum absolute atomic E-state index is 6.24. The van der Waals surface area contributed by atoms with E-state index in [2.05, 4.69) is 78.3 Å². The monoisotopic (exact) mass is 564 g/mol. The van der Waals surface area contributed by atoms with Crippen molar-refractivity contribution in [3.8, 4) is 11.5 Å². The number of hydrogen-bond donors (Lipinski definition) is 0. The molecule has 4 heteroatoms. The fourth-order valence-electron chi connectivity index (χ4n) is 3.20. The predicted molar refractivity (Wildman–Crippen MR) is 135 cm³/mol. The molecule has 0 saturated heterocycles. The number of benzene rings is 1. The molecular weight excluding hydrogens is 527 g/mol. The summed E-state index contributed by atoms with van der Waals surface area (Å²) in [5.41, 5.74) is 1.07. The van der Waals surface area contributed by atoms with Gasteiger partial charge in [0.2, 0.25) is 0 Å². The standard InChI is InChI=1S/C24H38BrIO2/c1-5-9-11-19(7-3)17-27-23-16-22(26)24(15-21(23)13-14-25)28-18-20(8-4)12-10-6-2/h13-16,19-20H,5-12,17-18H2,1-4H3/b14-13+. The van der Waals surface area contributed by atoms with E-state index in [4.69, 9.17) is 9.47 Å². The molecule has 0 aliphatic rings. The molecule has 0 bridgehead atoms. The molecular formula is C24H38BrIO2. The summed E-state index contributed by atoms with van der Waals surface area (Å²) in [6.07, 6.45) is 11.9. The molecule has 0 aliphatic heterocycles. The normalized spacial score (nSPS) is 13.6. The van der Waals surface area contributed by atoms with Crippen molar-refractivity contribution >= 4 is 44.6 Å². The lowest BCUT2D eigenvalue weighted by Crippen LogP contribution is -2.13. The lowest BCUT2D eigenvalue weighted by molar-refractivity contribution is 0.226. The van der Waals surface area contributed by atoms with E-state index in [1.165, 1.54) is 44.9 Å². The van der Waals surface area contributed by atoms with Gasteiger partial charge >= 0.3 is 0 Å². The molecule has 1 aromatic rings. The molecule has 1 rings (SSSR count). The highest BCUT2D eigenvalue weighted by molar-refractivity contribution is 14.1. The van der Waals surface area contributed by atoms with Crippen molar-refractivity contribution in [2.24, 2.45) is 11.8 Å². The maximum atomic E-state index is 6.24. The Morgan fingerprint density at radius 3 is 1.89 bits per heavy atom. The van der Waals surface area contributed by atoms with Crippen LogP contribution >= 0.6 is 38.5 Å². The van der Waals surface area contributed by atoms with Crippen LogP contribution in [0.1, 0.15) is 84.6 Å². The van der Waals surface area contributed by atoms with Gasteiger partial charge in [-0.05, 0) is 70.5 Å². The van der Waals surface area contributed by atoms with Crippen LogP contribution in [0.25, 0.3) is 6.08 Å². The molecule has 0 N–H and O–H groups in total. The summed E-state index contributed by atoms with van der Waals surface area (Å²) < 4.78 is 13.6. The first kappa shape index (κ1) is 25.8. The van der Waals surface area contributed by atoms with Crippen LogP contribution < -0.4 is 9.47 Å². The molecule has 0 aromatic heterocycles. The first-order valence-electron chi connectivity index (χ1n) is 10.9. The van der Waals surface area contributed by atoms with Crippen LogP contribution in [0.4, 0.5) is 0 Å². The highest BCUT2D eigenvalue weighted by Crippen LogP contribution is 2.33. The summed E-state index contributed by atoms with van der Waals surface area (Å²) in [5.74, 6) is 3.16. The Kier molecular flexibility index (Phi) is 14.4. The zero-order chi connectivity index (χ0) is 20.8. The summed E-state index contributed by atoms with van der Waals surface area (Å²) in [6, 6.07) is 4.24. The van der Waals surface area contributed by atoms with Gasteiger partial charge in [0.05, 0.1) is 16.8 Å². The minimum Gasteiger partial charge on any atom is -0.493 e. The maximum Gasteiger partial charge on any atom is 0.133 e. The third-order valence-corrected chi connectivity index (χ3v) is 6.45. The van der Waals surface area contributed by atoms with Gasteiger partial charge in [0.1, 0.15) is 11.5 Å². The third-order valence-electron chi connectivity index (χ3n) is 5.34. The van der Waals surface area contributed by atoms with Gasteiger partial charge in [-0.2, -0.15) is 0 Å². The molecule has 0 amide bonds. The van der Waals surface area contributed by atoms with Crippen molar-refractivity contribution in [3.05, 3.63) is 26.3 Å². The van der Waals surface area contributed by atoms with E-state index in [0.717, 1.165) is 40.3 Å². The minimum absolute atomic E-state index is 0.623. The quantitative estimate of drug-likeness (QED) is 0.198. The van der Waals surface area contributed by atoms with Crippen LogP contribution in [0.5, 0.6) is 11.5 Å². The molecule has 2 unspecified atom stereocenters. The lowest BCUT2D eigenvalue weighted by atomic mass is 10.0. The van der Waals surface area contributed by atoms with Crippen LogP contribution in [0.2, 0.25) is 0 Å². The molecule has 28 heavy (non-hydrogen) atoms. The molecule has 0 spiro atoms. The van der Waals surface area contributed by atoms with Gasteiger partial charge < -0.3 is 9.47 Å². The van der Waals surface area contributed by atoms with Crippen molar-refractivity contribution < 1.29 is 9.47 Å². The van der Waals surface area contributed by atoms with Crippen LogP contribution in [0.3, 0.4) is 0 Å². The molecule has 2 atom stereocenters. The van der Waals surface area contributed by atoms with Crippen LogP contribution in [-0.2, 0) is 0 Å². The smallest absolute Gasteiger partial charge is 0.133 e. The van der Waals surface area contributed by atoms with E-state index in [0.29, 0.717) is 11.8 Å². The highest BCUT2D eigenvalue weighted by Gasteiger charge is 2.14. The van der Waals surface area contributed by atoms with E-state index in [-0.39, 0.29) is 0 Å². The molecule has 160 valence electrons. The second kappa shape index (κ2) is 15.6. The Morgan fingerprint density at radius 2 is 1.43 bits per heavy atom. The van der Waals surface area contributed by atoms with Gasteiger partial charge in [-0.15, -0.1) is 0 Å². The minimum atomic E-state index is 0.623. The molecule has 0 aliphatic carbocycles. The van der Waals surface area contributed by atoms with Crippen LogP contribution in [0.15, 0.2) is 17.1 Å². The Balaban J connectivity index is 2.83. The molecule has 0 saturated carbocycles. The number of unbranched alkanes of at least 4 members (excludes halogenated alkanes) is 2. The van der Waals surface area contributed by atoms with Crippen LogP contribution in [0, 0.1) is 15.4 Å². The van der Waals surface area contributed by atoms with E-state index in [1.54, 1.807) is 0 Å². The van der Waals surface area contributed by atoms with E-state index in [9.17, 15) is 0 Å². The Bertz CT molecular complexity index is 574. The zero-order valence-electron chi connectivity index (χ0n) is 18.1. The SMILES string of the molecule is CCCCC(CC)COc1cc(/C=C/Br)c(OCC(CC)CCCC)cc1I. The van der Waals surface area contributed by atoms with Gasteiger partial charge in [0, 0.05) is 5.56 Å². The van der Waals surface area contributed by atoms with Crippen molar-refractivity contribution in [3.63, 3.8) is 0 Å². The van der Waals surface area contributed by atoms with Gasteiger partial charge in [0.15, 0.2) is 0 Å². The first-order valence-corrected chi connectivity index (χ1v) is 12.9. The van der Waals surface area contributed by atoms with Gasteiger partial charge in [-0.1, -0.05) is 82.1 Å². The Labute approximate surface area is 195 Å². The van der Waals surface area contributed by atoms with Crippen LogP contribution in [-0.4, -0.2) is 13.2 Å². The topological polar surface area (TPSA) is 18.5 Å². The second-order valence-electron chi connectivity index (χ2n) is 7.57. The van der Waals surface area contributed by atoms with Crippen molar-refractivity contribution in [1.29, 1.82) is 0 Å². The summed E-state index contributed by atoms with van der Waals surface area (Å²) in [6.45, 7) is 10.6. The predicted octanol–water partition coefficient (Wildman–Crippen LogP) is 8.85. The zero-order valence-corrected chi connectivity index (χ0v) is 21.9. The summed E-state index contributed by atoms with van der Waals surface area (Å²) in [7, 11) is 0. The van der Waals surface area contributed by atoms with Crippen molar-refractivity contribution in [2.75, 3.05) is 13.2 Å². The van der Waals surface area contributed by atoms with Gasteiger partial charge in [-0.25, -0.2) is 0 Å². The summed E-state index contributed by atoms with van der Waals surface area (Å²) in [5, 5.41) is 0. The molecule has 0 fully saturated rings. The highest BCUT2D eigenvalue weighted by atomic mass is 127. The first-order chi connectivity index (χ1) is 13.6. The van der Waals surface area contributed by atoms with Crippen molar-refractivity contribution in [1.82, 2.24) is 0 Å². The van der Waals surface area contributed by atoms with E-state index < -0.39 is 0 Å². The van der Waals surface area contributed by atoms with Gasteiger partial charge in [0.25, 0.3) is 0 Å². The molecule has 0 heterocycles. The average Bonchev–Trinajstić information content (AvgIpc) is 2.70. The fraction of sp³-hybridized carbons (Fsp3) is 0.667. The van der Waals surface area contributed by atoms with Crippen molar-refractivity contribution in [2.45, 2.75) is 79.1 Å². The molecule has 1 aromatic carbocycles. The number of rotatable bonds is 15. The largest absolute Gasteiger partial charge is 0.493 e. The fourth-order valence-corrected chi connectivity index (χ4v) is 4.08. The Hall–Kier alpha value is -0.230.